The number of piperidine rings is 1. The van der Waals surface area contributed by atoms with Crippen molar-refractivity contribution in [3.63, 3.8) is 0 Å². The summed E-state index contributed by atoms with van der Waals surface area (Å²) < 4.78 is 0. The van der Waals surface area contributed by atoms with E-state index in [4.69, 9.17) is 0 Å². The van der Waals surface area contributed by atoms with E-state index < -0.39 is 0 Å². The van der Waals surface area contributed by atoms with Crippen molar-refractivity contribution in [3.05, 3.63) is 54.4 Å². The fourth-order valence-corrected chi connectivity index (χ4v) is 3.51. The maximum atomic E-state index is 12.3. The number of carbonyl (C=O) groups excluding carboxylic acids is 1. The number of nitrogens with zero attached hydrogens (tertiary/aromatic N) is 2. The summed E-state index contributed by atoms with van der Waals surface area (Å²) in [5.74, 6) is -0.0383. The Morgan fingerprint density at radius 1 is 1.12 bits per heavy atom. The van der Waals surface area contributed by atoms with Crippen LogP contribution in [0.15, 0.2) is 48.8 Å². The number of carbonyl (C=O) groups is 1. The maximum Gasteiger partial charge on any atom is 0.251 e. The second kappa shape index (κ2) is 9.46. The summed E-state index contributed by atoms with van der Waals surface area (Å²) in [4.78, 5) is 18.7. The van der Waals surface area contributed by atoms with E-state index in [1.54, 1.807) is 12.4 Å². The molecule has 26 heavy (non-hydrogen) atoms. The van der Waals surface area contributed by atoms with E-state index >= 15 is 0 Å². The molecule has 2 aromatic rings. The van der Waals surface area contributed by atoms with Gasteiger partial charge in [-0.25, -0.2) is 0 Å². The van der Waals surface area contributed by atoms with E-state index in [0.29, 0.717) is 18.2 Å². The van der Waals surface area contributed by atoms with Crippen LogP contribution in [0.1, 0.15) is 36.0 Å². The van der Waals surface area contributed by atoms with Gasteiger partial charge < -0.3 is 10.4 Å². The molecule has 1 atom stereocenters. The van der Waals surface area contributed by atoms with Crippen LogP contribution in [0, 0.1) is 0 Å². The summed E-state index contributed by atoms with van der Waals surface area (Å²) in [6, 6.07) is 11.8. The van der Waals surface area contributed by atoms with Gasteiger partial charge in [-0.2, -0.15) is 0 Å². The number of aliphatic hydroxyl groups is 1. The van der Waals surface area contributed by atoms with Crippen molar-refractivity contribution < 1.29 is 9.90 Å². The van der Waals surface area contributed by atoms with Crippen LogP contribution in [-0.4, -0.2) is 53.2 Å². The van der Waals surface area contributed by atoms with E-state index in [-0.39, 0.29) is 12.5 Å². The number of hydrogen-bond acceptors (Lipinski definition) is 4. The van der Waals surface area contributed by atoms with Gasteiger partial charge in [0.2, 0.25) is 0 Å². The third-order valence-electron chi connectivity index (χ3n) is 5.03. The molecular weight excluding hydrogens is 326 g/mol. The molecule has 2 heterocycles. The highest BCUT2D eigenvalue weighted by Crippen LogP contribution is 2.19. The molecule has 1 aromatic carbocycles. The average molecular weight is 353 g/mol. The van der Waals surface area contributed by atoms with Gasteiger partial charge in [-0.05, 0) is 61.2 Å². The predicted molar refractivity (Wildman–Crippen MR) is 103 cm³/mol. The van der Waals surface area contributed by atoms with Crippen molar-refractivity contribution >= 4 is 5.91 Å². The summed E-state index contributed by atoms with van der Waals surface area (Å²) in [7, 11) is 0. The van der Waals surface area contributed by atoms with Crippen molar-refractivity contribution in [2.24, 2.45) is 0 Å². The highest BCUT2D eigenvalue weighted by atomic mass is 16.3. The highest BCUT2D eigenvalue weighted by molar-refractivity contribution is 5.94. The molecule has 5 nitrogen and oxygen atoms in total. The molecule has 138 valence electrons. The molecule has 1 aliphatic heterocycles. The Balaban J connectivity index is 1.45. The van der Waals surface area contributed by atoms with Gasteiger partial charge in [0.05, 0.1) is 6.61 Å². The lowest BCUT2D eigenvalue weighted by Crippen LogP contribution is -2.43. The van der Waals surface area contributed by atoms with Gasteiger partial charge in [0.15, 0.2) is 0 Å². The Labute approximate surface area is 155 Å². The molecule has 0 spiro atoms. The van der Waals surface area contributed by atoms with Crippen molar-refractivity contribution in [2.75, 3.05) is 26.2 Å². The monoisotopic (exact) mass is 353 g/mol. The van der Waals surface area contributed by atoms with Crippen molar-refractivity contribution in [1.82, 2.24) is 15.2 Å². The number of nitrogens with one attached hydrogen (secondary N) is 1. The number of hydrogen-bond donors (Lipinski definition) is 2. The topological polar surface area (TPSA) is 65.5 Å². The normalized spacial score (nSPS) is 17.8. The maximum absolute atomic E-state index is 12.3. The van der Waals surface area contributed by atoms with Crippen molar-refractivity contribution in [3.8, 4) is 11.1 Å². The Kier molecular flexibility index (Phi) is 6.75. The van der Waals surface area contributed by atoms with Gasteiger partial charge >= 0.3 is 0 Å². The summed E-state index contributed by atoms with van der Waals surface area (Å²) in [6.45, 7) is 2.86. The standard InChI is InChI=1S/C21H27N3O2/c25-16-20-4-1-2-14-24(20)15-3-11-23-21(26)19-7-5-17(6-8-19)18-9-12-22-13-10-18/h5-10,12-13,20,25H,1-4,11,14-16H2,(H,23,26). The third kappa shape index (κ3) is 4.90. The molecule has 1 aromatic heterocycles. The van der Waals surface area contributed by atoms with Gasteiger partial charge in [-0.1, -0.05) is 18.6 Å². The molecule has 2 N–H and O–H groups in total. The first-order valence-corrected chi connectivity index (χ1v) is 9.41. The largest absolute Gasteiger partial charge is 0.395 e. The number of rotatable bonds is 7. The van der Waals surface area contributed by atoms with Crippen LogP contribution in [0.25, 0.3) is 11.1 Å². The van der Waals surface area contributed by atoms with Crippen molar-refractivity contribution in [1.29, 1.82) is 0 Å². The molecule has 0 saturated carbocycles. The lowest BCUT2D eigenvalue weighted by molar-refractivity contribution is 0.0868. The Bertz CT molecular complexity index is 688. The summed E-state index contributed by atoms with van der Waals surface area (Å²) in [5, 5.41) is 12.4. The number of amides is 1. The van der Waals surface area contributed by atoms with Crippen LogP contribution in [0.4, 0.5) is 0 Å². The fourth-order valence-electron chi connectivity index (χ4n) is 3.51. The van der Waals surface area contributed by atoms with Crippen LogP contribution < -0.4 is 5.32 Å². The first kappa shape index (κ1) is 18.5. The Hall–Kier alpha value is -2.24. The molecule has 0 aliphatic carbocycles. The van der Waals surface area contributed by atoms with E-state index in [1.807, 2.05) is 36.4 Å². The van der Waals surface area contributed by atoms with Gasteiger partial charge in [-0.15, -0.1) is 0 Å². The zero-order valence-electron chi connectivity index (χ0n) is 15.1. The molecule has 5 heteroatoms. The highest BCUT2D eigenvalue weighted by Gasteiger charge is 2.20. The zero-order valence-corrected chi connectivity index (χ0v) is 15.1. The van der Waals surface area contributed by atoms with E-state index in [9.17, 15) is 9.90 Å². The second-order valence-electron chi connectivity index (χ2n) is 6.79. The number of pyridine rings is 1. The van der Waals surface area contributed by atoms with Gasteiger partial charge in [-0.3, -0.25) is 14.7 Å². The minimum atomic E-state index is -0.0383. The molecule has 1 amide bonds. The molecule has 1 fully saturated rings. The molecular formula is C21H27N3O2. The zero-order chi connectivity index (χ0) is 18.2. The quantitative estimate of drug-likeness (QED) is 0.751. The second-order valence-corrected chi connectivity index (χ2v) is 6.79. The lowest BCUT2D eigenvalue weighted by Gasteiger charge is -2.34. The van der Waals surface area contributed by atoms with Crippen LogP contribution in [0.3, 0.4) is 0 Å². The molecule has 0 radical (unpaired) electrons. The predicted octanol–water partition coefficient (Wildman–Crippen LogP) is 2.72. The Morgan fingerprint density at radius 2 is 1.85 bits per heavy atom. The Morgan fingerprint density at radius 3 is 2.58 bits per heavy atom. The van der Waals surface area contributed by atoms with Crippen LogP contribution >= 0.6 is 0 Å². The van der Waals surface area contributed by atoms with Crippen molar-refractivity contribution in [2.45, 2.75) is 31.7 Å². The van der Waals surface area contributed by atoms with Crippen LogP contribution in [0.5, 0.6) is 0 Å². The number of aromatic nitrogens is 1. The third-order valence-corrected chi connectivity index (χ3v) is 5.03. The lowest BCUT2D eigenvalue weighted by atomic mass is 10.0. The van der Waals surface area contributed by atoms with Gasteiger partial charge in [0, 0.05) is 37.1 Å². The average Bonchev–Trinajstić information content (AvgIpc) is 2.72. The summed E-state index contributed by atoms with van der Waals surface area (Å²) >= 11 is 0. The minimum absolute atomic E-state index is 0.0383. The molecule has 0 bridgehead atoms. The van der Waals surface area contributed by atoms with Crippen LogP contribution in [-0.2, 0) is 0 Å². The number of benzene rings is 1. The fraction of sp³-hybridized carbons (Fsp3) is 0.429. The van der Waals surface area contributed by atoms with Crippen LogP contribution in [0.2, 0.25) is 0 Å². The molecule has 1 saturated heterocycles. The minimum Gasteiger partial charge on any atom is -0.395 e. The number of likely N-dealkylation sites (tertiary alicyclic amines) is 1. The van der Waals surface area contributed by atoms with Gasteiger partial charge in [0.25, 0.3) is 5.91 Å². The SMILES string of the molecule is O=C(NCCCN1CCCCC1CO)c1ccc(-c2ccncc2)cc1. The number of aliphatic hydroxyl groups excluding tert-OH is 1. The first-order valence-electron chi connectivity index (χ1n) is 9.41. The summed E-state index contributed by atoms with van der Waals surface area (Å²) in [6.07, 6.45) is 7.91. The molecule has 3 rings (SSSR count). The van der Waals surface area contributed by atoms with E-state index in [2.05, 4.69) is 15.2 Å². The smallest absolute Gasteiger partial charge is 0.251 e. The molecule has 1 unspecified atom stereocenters. The summed E-state index contributed by atoms with van der Waals surface area (Å²) in [5.41, 5.74) is 2.84. The molecule has 1 aliphatic rings. The van der Waals surface area contributed by atoms with Gasteiger partial charge in [0.1, 0.15) is 0 Å². The first-order chi connectivity index (χ1) is 12.8. The van der Waals surface area contributed by atoms with E-state index in [0.717, 1.165) is 37.1 Å². The van der Waals surface area contributed by atoms with E-state index in [1.165, 1.54) is 12.8 Å².